The highest BCUT2D eigenvalue weighted by Gasteiger charge is 2.26. The van der Waals surface area contributed by atoms with Crippen molar-refractivity contribution >= 4 is 12.1 Å². The minimum Gasteiger partial charge on any atom is -0.480 e. The van der Waals surface area contributed by atoms with Gasteiger partial charge in [-0.15, -0.1) is 0 Å². The molecule has 1 aromatic heterocycles. The molecular weight excluding hydrogens is 401 g/mol. The molecule has 0 saturated heterocycles. The van der Waals surface area contributed by atoms with Gasteiger partial charge in [-0.2, -0.15) is 5.10 Å². The Labute approximate surface area is 179 Å². The summed E-state index contributed by atoms with van der Waals surface area (Å²) < 4.78 is 20.1. The summed E-state index contributed by atoms with van der Waals surface area (Å²) in [5.74, 6) is -1.56. The number of aromatic nitrogens is 2. The van der Waals surface area contributed by atoms with Crippen molar-refractivity contribution in [2.45, 2.75) is 38.8 Å². The molecule has 7 nitrogen and oxygen atoms in total. The van der Waals surface area contributed by atoms with E-state index in [2.05, 4.69) is 10.4 Å². The van der Waals surface area contributed by atoms with Gasteiger partial charge in [-0.05, 0) is 45.0 Å². The number of benzene rings is 2. The van der Waals surface area contributed by atoms with E-state index in [1.165, 1.54) is 12.1 Å². The Morgan fingerprint density at radius 3 is 2.35 bits per heavy atom. The molecule has 0 aliphatic rings. The van der Waals surface area contributed by atoms with Crippen LogP contribution in [0.25, 0.3) is 16.9 Å². The molecule has 0 fully saturated rings. The third-order valence-corrected chi connectivity index (χ3v) is 4.34. The van der Waals surface area contributed by atoms with Crippen molar-refractivity contribution in [2.24, 2.45) is 0 Å². The highest BCUT2D eigenvalue weighted by atomic mass is 19.1. The van der Waals surface area contributed by atoms with Gasteiger partial charge in [0, 0.05) is 23.7 Å². The fourth-order valence-corrected chi connectivity index (χ4v) is 2.99. The van der Waals surface area contributed by atoms with Gasteiger partial charge >= 0.3 is 12.1 Å². The Bertz CT molecular complexity index is 1060. The fraction of sp³-hybridized carbons (Fsp3) is 0.261. The van der Waals surface area contributed by atoms with Gasteiger partial charge in [0.05, 0.1) is 11.4 Å². The van der Waals surface area contributed by atoms with Crippen LogP contribution in [-0.4, -0.2) is 38.6 Å². The zero-order valence-corrected chi connectivity index (χ0v) is 17.5. The lowest BCUT2D eigenvalue weighted by molar-refractivity contribution is -0.139. The van der Waals surface area contributed by atoms with Crippen LogP contribution in [0.1, 0.15) is 26.3 Å². The second kappa shape index (κ2) is 8.99. The number of carboxylic acids is 1. The summed E-state index contributed by atoms with van der Waals surface area (Å²) in [7, 11) is 0. The summed E-state index contributed by atoms with van der Waals surface area (Å²) in [5.41, 5.74) is 1.84. The molecule has 0 spiro atoms. The quantitative estimate of drug-likeness (QED) is 0.617. The number of hydrogen-bond donors (Lipinski definition) is 2. The monoisotopic (exact) mass is 425 g/mol. The largest absolute Gasteiger partial charge is 0.480 e. The van der Waals surface area contributed by atoms with Crippen molar-refractivity contribution in [1.82, 2.24) is 15.1 Å². The van der Waals surface area contributed by atoms with E-state index in [0.29, 0.717) is 16.9 Å². The predicted octanol–water partition coefficient (Wildman–Crippen LogP) is 4.20. The summed E-state index contributed by atoms with van der Waals surface area (Å²) in [4.78, 5) is 24.0. The molecule has 0 bridgehead atoms. The van der Waals surface area contributed by atoms with Gasteiger partial charge in [0.2, 0.25) is 0 Å². The van der Waals surface area contributed by atoms with Crippen LogP contribution in [-0.2, 0) is 16.0 Å². The molecule has 0 aliphatic heterocycles. The Morgan fingerprint density at radius 1 is 1.13 bits per heavy atom. The number of nitrogens with one attached hydrogen (secondary N) is 1. The smallest absolute Gasteiger partial charge is 0.408 e. The standard InChI is InChI=1S/C23H24FN3O4/c1-23(2,3)31-22(30)25-19(21(28)29)13-16-14-27(18-11-9-17(24)10-12-18)26-20(16)15-7-5-4-6-8-15/h4-12,14,19H,13H2,1-3H3,(H,25,30)(H,28,29). The molecule has 2 N–H and O–H groups in total. The Hall–Kier alpha value is -3.68. The van der Waals surface area contributed by atoms with Gasteiger partial charge in [0.15, 0.2) is 0 Å². The molecule has 8 heteroatoms. The summed E-state index contributed by atoms with van der Waals surface area (Å²) in [6.07, 6.45) is 0.856. The number of hydrogen-bond acceptors (Lipinski definition) is 4. The van der Waals surface area contributed by atoms with Crippen LogP contribution in [0.5, 0.6) is 0 Å². The molecule has 3 aromatic rings. The van der Waals surface area contributed by atoms with Crippen LogP contribution in [0.15, 0.2) is 60.8 Å². The van der Waals surface area contributed by atoms with Gasteiger partial charge in [-0.3, -0.25) is 0 Å². The van der Waals surface area contributed by atoms with E-state index in [1.54, 1.807) is 43.8 Å². The maximum atomic E-state index is 13.3. The van der Waals surface area contributed by atoms with E-state index < -0.39 is 23.7 Å². The van der Waals surface area contributed by atoms with E-state index in [9.17, 15) is 19.1 Å². The minimum atomic E-state index is -1.22. The van der Waals surface area contributed by atoms with Crippen molar-refractivity contribution in [2.75, 3.05) is 0 Å². The van der Waals surface area contributed by atoms with Gasteiger partial charge < -0.3 is 15.2 Å². The number of aliphatic carboxylic acids is 1. The number of halogens is 1. The van der Waals surface area contributed by atoms with E-state index in [-0.39, 0.29) is 12.2 Å². The minimum absolute atomic E-state index is 0.0139. The van der Waals surface area contributed by atoms with Crippen LogP contribution in [0.4, 0.5) is 9.18 Å². The number of amides is 1. The highest BCUT2D eigenvalue weighted by molar-refractivity contribution is 5.81. The first kappa shape index (κ1) is 22.0. The summed E-state index contributed by atoms with van der Waals surface area (Å²) in [6, 6.07) is 13.9. The molecular formula is C23H24FN3O4. The summed E-state index contributed by atoms with van der Waals surface area (Å²) in [6.45, 7) is 5.09. The zero-order valence-electron chi connectivity index (χ0n) is 17.5. The maximum Gasteiger partial charge on any atom is 0.408 e. The first-order chi connectivity index (χ1) is 14.6. The lowest BCUT2D eigenvalue weighted by atomic mass is 10.0. The number of alkyl carbamates (subject to hydrolysis) is 1. The molecule has 3 rings (SSSR count). The summed E-state index contributed by atoms with van der Waals surface area (Å²) >= 11 is 0. The molecule has 31 heavy (non-hydrogen) atoms. The average Bonchev–Trinajstić information content (AvgIpc) is 3.11. The van der Waals surface area contributed by atoms with Crippen molar-refractivity contribution in [3.63, 3.8) is 0 Å². The third-order valence-electron chi connectivity index (χ3n) is 4.34. The first-order valence-electron chi connectivity index (χ1n) is 9.74. The first-order valence-corrected chi connectivity index (χ1v) is 9.74. The second-order valence-electron chi connectivity index (χ2n) is 8.03. The lowest BCUT2D eigenvalue weighted by Crippen LogP contribution is -2.44. The Balaban J connectivity index is 1.94. The van der Waals surface area contributed by atoms with Crippen molar-refractivity contribution in [1.29, 1.82) is 0 Å². The van der Waals surface area contributed by atoms with E-state index in [1.807, 2.05) is 30.3 Å². The molecule has 2 aromatic carbocycles. The molecule has 162 valence electrons. The molecule has 1 unspecified atom stereocenters. The van der Waals surface area contributed by atoms with Crippen LogP contribution < -0.4 is 5.32 Å². The number of carbonyl (C=O) groups is 2. The average molecular weight is 425 g/mol. The number of nitrogens with zero attached hydrogens (tertiary/aromatic N) is 2. The molecule has 1 amide bonds. The van der Waals surface area contributed by atoms with Crippen LogP contribution in [0.2, 0.25) is 0 Å². The maximum absolute atomic E-state index is 13.3. The van der Waals surface area contributed by atoms with Gasteiger partial charge in [0.25, 0.3) is 0 Å². The van der Waals surface area contributed by atoms with Gasteiger partial charge in [-0.1, -0.05) is 30.3 Å². The number of rotatable bonds is 6. The molecule has 1 atom stereocenters. The molecule has 0 aliphatic carbocycles. The van der Waals surface area contributed by atoms with Crippen LogP contribution in [0.3, 0.4) is 0 Å². The normalized spacial score (nSPS) is 12.3. The highest BCUT2D eigenvalue weighted by Crippen LogP contribution is 2.25. The Kier molecular flexibility index (Phi) is 6.39. The van der Waals surface area contributed by atoms with E-state index in [4.69, 9.17) is 4.74 Å². The topological polar surface area (TPSA) is 93.5 Å². The van der Waals surface area contributed by atoms with Crippen molar-refractivity contribution < 1.29 is 23.8 Å². The number of ether oxygens (including phenoxy) is 1. The van der Waals surface area contributed by atoms with Gasteiger partial charge in [0.1, 0.15) is 17.5 Å². The van der Waals surface area contributed by atoms with Crippen molar-refractivity contribution in [3.05, 3.63) is 72.2 Å². The molecule has 0 radical (unpaired) electrons. The van der Waals surface area contributed by atoms with Crippen LogP contribution >= 0.6 is 0 Å². The summed E-state index contributed by atoms with van der Waals surface area (Å²) in [5, 5.41) is 16.7. The Morgan fingerprint density at radius 2 is 1.77 bits per heavy atom. The van der Waals surface area contributed by atoms with Crippen LogP contribution in [0, 0.1) is 5.82 Å². The lowest BCUT2D eigenvalue weighted by Gasteiger charge is -2.22. The second-order valence-corrected chi connectivity index (χ2v) is 8.03. The zero-order chi connectivity index (χ0) is 22.6. The van der Waals surface area contributed by atoms with Crippen molar-refractivity contribution in [3.8, 4) is 16.9 Å². The number of carboxylic acid groups (broad SMARTS) is 1. The third kappa shape index (κ3) is 5.91. The van der Waals surface area contributed by atoms with E-state index in [0.717, 1.165) is 5.56 Å². The van der Waals surface area contributed by atoms with Gasteiger partial charge in [-0.25, -0.2) is 18.7 Å². The van der Waals surface area contributed by atoms with E-state index >= 15 is 0 Å². The molecule has 0 saturated carbocycles. The fourth-order valence-electron chi connectivity index (χ4n) is 2.99. The SMILES string of the molecule is CC(C)(C)OC(=O)NC(Cc1cn(-c2ccc(F)cc2)nc1-c1ccccc1)C(=O)O. The predicted molar refractivity (Wildman–Crippen MR) is 113 cm³/mol. The molecule has 1 heterocycles. The number of carbonyl (C=O) groups excluding carboxylic acids is 1.